The molecule has 11 heteroatoms. The summed E-state index contributed by atoms with van der Waals surface area (Å²) in [6.07, 6.45) is 1.41. The summed E-state index contributed by atoms with van der Waals surface area (Å²) in [5.74, 6) is 0.156. The van der Waals surface area contributed by atoms with E-state index >= 15 is 0 Å². The fourth-order valence-corrected chi connectivity index (χ4v) is 3.35. The molecule has 0 aliphatic heterocycles. The zero-order valence-corrected chi connectivity index (χ0v) is 14.8. The predicted octanol–water partition coefficient (Wildman–Crippen LogP) is 3.46. The van der Waals surface area contributed by atoms with Gasteiger partial charge in [-0.25, -0.2) is 4.98 Å². The van der Waals surface area contributed by atoms with Gasteiger partial charge in [0, 0.05) is 6.20 Å². The standard InChI is InChI=1S/C16H8ClN5O4S/c17-10-6-2-1-5-9(10)13-19-20-16(26-13)27-14-12(22(24)25)15(23)21-8-4-3-7-11(21)18-14/h1-8H. The second-order valence-corrected chi connectivity index (χ2v) is 6.56. The summed E-state index contributed by atoms with van der Waals surface area (Å²) in [5.41, 5.74) is -0.666. The summed E-state index contributed by atoms with van der Waals surface area (Å²) in [6.45, 7) is 0. The molecule has 0 N–H and O–H groups in total. The van der Waals surface area contributed by atoms with Crippen molar-refractivity contribution in [3.63, 3.8) is 0 Å². The molecule has 0 spiro atoms. The van der Waals surface area contributed by atoms with E-state index in [0.717, 1.165) is 16.2 Å². The molecule has 0 saturated carbocycles. The van der Waals surface area contributed by atoms with Gasteiger partial charge in [-0.3, -0.25) is 19.3 Å². The number of fused-ring (bicyclic) bond motifs is 1. The maximum atomic E-state index is 12.4. The monoisotopic (exact) mass is 401 g/mol. The van der Waals surface area contributed by atoms with Crippen LogP contribution < -0.4 is 5.56 Å². The van der Waals surface area contributed by atoms with Gasteiger partial charge < -0.3 is 4.42 Å². The van der Waals surface area contributed by atoms with Crippen molar-refractivity contribution in [2.24, 2.45) is 0 Å². The van der Waals surface area contributed by atoms with Crippen molar-refractivity contribution in [2.75, 3.05) is 0 Å². The van der Waals surface area contributed by atoms with Crippen LogP contribution in [0.3, 0.4) is 0 Å². The number of aromatic nitrogens is 4. The van der Waals surface area contributed by atoms with E-state index in [4.69, 9.17) is 16.0 Å². The van der Waals surface area contributed by atoms with E-state index in [1.54, 1.807) is 42.5 Å². The van der Waals surface area contributed by atoms with Gasteiger partial charge in [0.15, 0.2) is 5.03 Å². The highest BCUT2D eigenvalue weighted by molar-refractivity contribution is 7.99. The second kappa shape index (κ2) is 6.82. The first-order valence-corrected chi connectivity index (χ1v) is 8.66. The van der Waals surface area contributed by atoms with Crippen LogP contribution in [0, 0.1) is 10.1 Å². The lowest BCUT2D eigenvalue weighted by atomic mass is 10.2. The third-order valence-corrected chi connectivity index (χ3v) is 4.70. The largest absolute Gasteiger partial charge is 0.411 e. The Morgan fingerprint density at radius 3 is 2.70 bits per heavy atom. The summed E-state index contributed by atoms with van der Waals surface area (Å²) >= 11 is 6.84. The quantitative estimate of drug-likeness (QED) is 0.290. The maximum Gasteiger partial charge on any atom is 0.366 e. The Kier molecular flexibility index (Phi) is 4.34. The molecule has 0 atom stereocenters. The SMILES string of the molecule is O=c1c([N+](=O)[O-])c(Sc2nnc(-c3ccccc3Cl)o2)nc2ccccn12. The number of pyridine rings is 1. The van der Waals surface area contributed by atoms with Crippen LogP contribution in [0.5, 0.6) is 0 Å². The smallest absolute Gasteiger partial charge is 0.366 e. The minimum atomic E-state index is -0.793. The fraction of sp³-hybridized carbons (Fsp3) is 0. The molecule has 9 nitrogen and oxygen atoms in total. The van der Waals surface area contributed by atoms with Gasteiger partial charge in [0.1, 0.15) is 5.65 Å². The molecule has 3 heterocycles. The van der Waals surface area contributed by atoms with Crippen LogP contribution in [0.4, 0.5) is 5.69 Å². The predicted molar refractivity (Wildman–Crippen MR) is 97.0 cm³/mol. The van der Waals surface area contributed by atoms with Gasteiger partial charge >= 0.3 is 11.2 Å². The minimum absolute atomic E-state index is 0.000186. The Bertz CT molecular complexity index is 1240. The summed E-state index contributed by atoms with van der Waals surface area (Å²) in [4.78, 5) is 27.2. The normalized spacial score (nSPS) is 11.0. The molecular weight excluding hydrogens is 394 g/mol. The lowest BCUT2D eigenvalue weighted by Gasteiger charge is -2.03. The Labute approximate surface area is 159 Å². The van der Waals surface area contributed by atoms with Gasteiger partial charge in [0.25, 0.3) is 5.22 Å². The Hall–Kier alpha value is -3.24. The highest BCUT2D eigenvalue weighted by Crippen LogP contribution is 2.33. The molecule has 0 aliphatic carbocycles. The highest BCUT2D eigenvalue weighted by Gasteiger charge is 2.26. The number of hydrogen-bond donors (Lipinski definition) is 0. The van der Waals surface area contributed by atoms with E-state index in [2.05, 4.69) is 15.2 Å². The molecule has 0 radical (unpaired) electrons. The van der Waals surface area contributed by atoms with Crippen molar-refractivity contribution in [3.8, 4) is 11.5 Å². The first-order chi connectivity index (χ1) is 13.0. The zero-order valence-electron chi connectivity index (χ0n) is 13.3. The summed E-state index contributed by atoms with van der Waals surface area (Å²) in [7, 11) is 0. The Morgan fingerprint density at radius 1 is 1.15 bits per heavy atom. The van der Waals surface area contributed by atoms with Crippen molar-refractivity contribution in [1.29, 1.82) is 0 Å². The van der Waals surface area contributed by atoms with Crippen LogP contribution in [0.15, 0.2) is 68.1 Å². The minimum Gasteiger partial charge on any atom is -0.411 e. The molecule has 3 aromatic heterocycles. The molecule has 0 amide bonds. The van der Waals surface area contributed by atoms with E-state index in [9.17, 15) is 14.9 Å². The van der Waals surface area contributed by atoms with Gasteiger partial charge in [0.05, 0.1) is 15.5 Å². The van der Waals surface area contributed by atoms with E-state index in [1.807, 2.05) is 0 Å². The number of halogens is 1. The maximum absolute atomic E-state index is 12.4. The Morgan fingerprint density at radius 2 is 1.93 bits per heavy atom. The highest BCUT2D eigenvalue weighted by atomic mass is 35.5. The second-order valence-electron chi connectivity index (χ2n) is 5.21. The Balaban J connectivity index is 1.78. The lowest BCUT2D eigenvalue weighted by Crippen LogP contribution is -2.19. The lowest BCUT2D eigenvalue weighted by molar-refractivity contribution is -0.389. The molecule has 134 valence electrons. The van der Waals surface area contributed by atoms with Crippen LogP contribution >= 0.6 is 23.4 Å². The van der Waals surface area contributed by atoms with E-state index < -0.39 is 16.2 Å². The zero-order chi connectivity index (χ0) is 19.0. The van der Waals surface area contributed by atoms with E-state index in [0.29, 0.717) is 10.6 Å². The first kappa shape index (κ1) is 17.2. The third-order valence-electron chi connectivity index (χ3n) is 3.56. The van der Waals surface area contributed by atoms with Crippen molar-refractivity contribution >= 4 is 34.7 Å². The van der Waals surface area contributed by atoms with Gasteiger partial charge in [-0.1, -0.05) is 29.8 Å². The van der Waals surface area contributed by atoms with Gasteiger partial charge in [-0.05, 0) is 36.0 Å². The van der Waals surface area contributed by atoms with Crippen molar-refractivity contribution < 1.29 is 9.34 Å². The fourth-order valence-electron chi connectivity index (χ4n) is 2.36. The van der Waals surface area contributed by atoms with E-state index in [1.165, 1.54) is 6.20 Å². The topological polar surface area (TPSA) is 116 Å². The van der Waals surface area contributed by atoms with Crippen molar-refractivity contribution in [1.82, 2.24) is 19.6 Å². The number of hydrogen-bond acceptors (Lipinski definition) is 8. The van der Waals surface area contributed by atoms with E-state index in [-0.39, 0.29) is 21.8 Å². The van der Waals surface area contributed by atoms with Crippen LogP contribution in [-0.4, -0.2) is 24.5 Å². The van der Waals surface area contributed by atoms with Gasteiger partial charge in [-0.2, -0.15) is 0 Å². The first-order valence-electron chi connectivity index (χ1n) is 7.46. The van der Waals surface area contributed by atoms with Gasteiger partial charge in [0.2, 0.25) is 5.89 Å². The number of nitrogens with zero attached hydrogens (tertiary/aromatic N) is 5. The van der Waals surface area contributed by atoms with Gasteiger partial charge in [-0.15, -0.1) is 10.2 Å². The molecule has 27 heavy (non-hydrogen) atoms. The van der Waals surface area contributed by atoms with Crippen LogP contribution in [-0.2, 0) is 0 Å². The van der Waals surface area contributed by atoms with Crippen LogP contribution in [0.25, 0.3) is 17.1 Å². The summed E-state index contributed by atoms with van der Waals surface area (Å²) in [6, 6.07) is 11.7. The molecule has 0 bridgehead atoms. The average molecular weight is 402 g/mol. The summed E-state index contributed by atoms with van der Waals surface area (Å²) < 4.78 is 6.63. The molecule has 0 fully saturated rings. The molecule has 0 unspecified atom stereocenters. The number of benzene rings is 1. The number of nitro groups is 1. The molecule has 0 saturated heterocycles. The van der Waals surface area contributed by atoms with Crippen molar-refractivity contribution in [3.05, 3.63) is 74.2 Å². The third kappa shape index (κ3) is 3.15. The van der Waals surface area contributed by atoms with Crippen molar-refractivity contribution in [2.45, 2.75) is 10.2 Å². The molecule has 0 aliphatic rings. The molecule has 1 aromatic carbocycles. The van der Waals surface area contributed by atoms with Crippen LogP contribution in [0.2, 0.25) is 5.02 Å². The molecular formula is C16H8ClN5O4S. The van der Waals surface area contributed by atoms with Crippen LogP contribution in [0.1, 0.15) is 0 Å². The average Bonchev–Trinajstić information content (AvgIpc) is 3.10. The number of rotatable bonds is 4. The summed E-state index contributed by atoms with van der Waals surface area (Å²) in [5, 5.41) is 19.4. The molecule has 4 rings (SSSR count). The molecule has 4 aromatic rings.